The predicted octanol–water partition coefficient (Wildman–Crippen LogP) is 2.18. The second kappa shape index (κ2) is 7.33. The van der Waals surface area contributed by atoms with Crippen molar-refractivity contribution in [2.45, 2.75) is 12.8 Å². The number of ether oxygens (including phenoxy) is 1. The number of anilines is 1. The maximum absolute atomic E-state index is 11.9. The van der Waals surface area contributed by atoms with E-state index in [1.807, 2.05) is 48.5 Å². The van der Waals surface area contributed by atoms with Gasteiger partial charge in [0.15, 0.2) is 0 Å². The van der Waals surface area contributed by atoms with Crippen molar-refractivity contribution >= 4 is 11.6 Å². The fraction of sp³-hybridized carbons (Fsp3) is 0.235. The zero-order valence-corrected chi connectivity index (χ0v) is 12.1. The van der Waals surface area contributed by atoms with Crippen LogP contribution in [0.25, 0.3) is 0 Å². The number of carbonyl (C=O) groups is 1. The largest absolute Gasteiger partial charge is 0.497 e. The summed E-state index contributed by atoms with van der Waals surface area (Å²) in [5.74, 6) is 0.835. The van der Waals surface area contributed by atoms with E-state index < -0.39 is 0 Å². The molecule has 0 spiro atoms. The third-order valence-electron chi connectivity index (χ3n) is 3.19. The van der Waals surface area contributed by atoms with Crippen LogP contribution in [0.2, 0.25) is 0 Å². The van der Waals surface area contributed by atoms with E-state index in [1.165, 1.54) is 0 Å². The highest BCUT2D eigenvalue weighted by Crippen LogP contribution is 2.12. The number of amides is 1. The minimum absolute atomic E-state index is 0.00324. The number of nitrogens with two attached hydrogens (primary N) is 1. The molecule has 2 aromatic carbocycles. The highest BCUT2D eigenvalue weighted by Gasteiger charge is 2.03. The number of methoxy groups -OCH3 is 1. The van der Waals surface area contributed by atoms with Gasteiger partial charge in [-0.05, 0) is 41.8 Å². The molecular formula is C17H20N2O2. The molecule has 2 rings (SSSR count). The Kier molecular flexibility index (Phi) is 5.21. The Morgan fingerprint density at radius 2 is 1.90 bits per heavy atom. The Balaban J connectivity index is 1.79. The van der Waals surface area contributed by atoms with Gasteiger partial charge in [0.2, 0.25) is 5.91 Å². The van der Waals surface area contributed by atoms with E-state index in [2.05, 4.69) is 5.32 Å². The number of benzene rings is 2. The highest BCUT2D eigenvalue weighted by molar-refractivity contribution is 5.78. The maximum atomic E-state index is 11.9. The lowest BCUT2D eigenvalue weighted by atomic mass is 10.1. The van der Waals surface area contributed by atoms with Gasteiger partial charge >= 0.3 is 0 Å². The Bertz CT molecular complexity index is 611. The third-order valence-corrected chi connectivity index (χ3v) is 3.19. The van der Waals surface area contributed by atoms with E-state index in [-0.39, 0.29) is 5.91 Å². The molecule has 0 unspecified atom stereocenters. The summed E-state index contributed by atoms with van der Waals surface area (Å²) in [6, 6.07) is 15.2. The predicted molar refractivity (Wildman–Crippen MR) is 84.3 cm³/mol. The molecule has 2 aromatic rings. The molecule has 0 bridgehead atoms. The lowest BCUT2D eigenvalue weighted by Crippen LogP contribution is -2.27. The summed E-state index contributed by atoms with van der Waals surface area (Å²) in [6.07, 6.45) is 1.13. The number of nitrogens with one attached hydrogen (secondary N) is 1. The molecule has 0 aliphatic rings. The molecule has 3 N–H and O–H groups in total. The fourth-order valence-corrected chi connectivity index (χ4v) is 2.13. The van der Waals surface area contributed by atoms with Crippen LogP contribution in [0.4, 0.5) is 5.69 Å². The van der Waals surface area contributed by atoms with Crippen molar-refractivity contribution in [1.29, 1.82) is 0 Å². The number of hydrogen-bond donors (Lipinski definition) is 2. The van der Waals surface area contributed by atoms with Crippen molar-refractivity contribution in [2.24, 2.45) is 0 Å². The van der Waals surface area contributed by atoms with Crippen molar-refractivity contribution in [1.82, 2.24) is 5.32 Å². The minimum atomic E-state index is 0.00324. The van der Waals surface area contributed by atoms with Crippen molar-refractivity contribution in [2.75, 3.05) is 19.4 Å². The zero-order chi connectivity index (χ0) is 15.1. The quantitative estimate of drug-likeness (QED) is 0.799. The summed E-state index contributed by atoms with van der Waals surface area (Å²) in [4.78, 5) is 11.9. The van der Waals surface area contributed by atoms with Gasteiger partial charge in [0.05, 0.1) is 13.5 Å². The lowest BCUT2D eigenvalue weighted by molar-refractivity contribution is -0.120. The van der Waals surface area contributed by atoms with Gasteiger partial charge in [-0.25, -0.2) is 0 Å². The molecule has 4 heteroatoms. The molecular weight excluding hydrogens is 264 g/mol. The van der Waals surface area contributed by atoms with Gasteiger partial charge in [0.25, 0.3) is 0 Å². The summed E-state index contributed by atoms with van der Waals surface area (Å²) in [6.45, 7) is 0.605. The lowest BCUT2D eigenvalue weighted by Gasteiger charge is -2.07. The number of carbonyl (C=O) groups excluding carboxylic acids is 1. The van der Waals surface area contributed by atoms with E-state index in [4.69, 9.17) is 10.5 Å². The standard InChI is InChI=1S/C17H20N2O2/c1-21-16-7-3-4-13(11-16)8-9-19-17(20)12-14-5-2-6-15(18)10-14/h2-7,10-11H,8-9,12,18H2,1H3,(H,19,20). The molecule has 0 fully saturated rings. The molecule has 0 saturated heterocycles. The monoisotopic (exact) mass is 284 g/mol. The summed E-state index contributed by atoms with van der Waals surface area (Å²) in [5, 5.41) is 2.92. The van der Waals surface area contributed by atoms with Crippen LogP contribution in [0.5, 0.6) is 5.75 Å². The van der Waals surface area contributed by atoms with Gasteiger partial charge in [-0.3, -0.25) is 4.79 Å². The van der Waals surface area contributed by atoms with Crippen molar-refractivity contribution in [3.8, 4) is 5.75 Å². The normalized spacial score (nSPS) is 10.1. The maximum Gasteiger partial charge on any atom is 0.224 e. The van der Waals surface area contributed by atoms with Gasteiger partial charge in [0.1, 0.15) is 5.75 Å². The Labute approximate surface area is 124 Å². The minimum Gasteiger partial charge on any atom is -0.497 e. The molecule has 0 saturated carbocycles. The number of hydrogen-bond acceptors (Lipinski definition) is 3. The topological polar surface area (TPSA) is 64.3 Å². The van der Waals surface area contributed by atoms with Crippen LogP contribution in [0.15, 0.2) is 48.5 Å². The van der Waals surface area contributed by atoms with Crippen molar-refractivity contribution in [3.05, 3.63) is 59.7 Å². The van der Waals surface area contributed by atoms with Gasteiger partial charge < -0.3 is 15.8 Å². The highest BCUT2D eigenvalue weighted by atomic mass is 16.5. The molecule has 0 heterocycles. The smallest absolute Gasteiger partial charge is 0.224 e. The van der Waals surface area contributed by atoms with Crippen LogP contribution in [0.1, 0.15) is 11.1 Å². The molecule has 0 aliphatic carbocycles. The molecule has 1 amide bonds. The summed E-state index contributed by atoms with van der Waals surface area (Å²) >= 11 is 0. The molecule has 0 aromatic heterocycles. The van der Waals surface area contributed by atoms with Crippen LogP contribution in [-0.2, 0) is 17.6 Å². The first kappa shape index (κ1) is 14.9. The van der Waals surface area contributed by atoms with Crippen molar-refractivity contribution < 1.29 is 9.53 Å². The molecule has 110 valence electrons. The molecule has 0 atom stereocenters. The Hall–Kier alpha value is -2.49. The Morgan fingerprint density at radius 1 is 1.14 bits per heavy atom. The average molecular weight is 284 g/mol. The fourth-order valence-electron chi connectivity index (χ4n) is 2.13. The summed E-state index contributed by atoms with van der Waals surface area (Å²) in [5.41, 5.74) is 8.43. The number of nitrogen functional groups attached to an aromatic ring is 1. The van der Waals surface area contributed by atoms with E-state index in [0.29, 0.717) is 18.7 Å². The third kappa shape index (κ3) is 4.84. The first-order valence-corrected chi connectivity index (χ1v) is 6.91. The SMILES string of the molecule is COc1cccc(CCNC(=O)Cc2cccc(N)c2)c1. The van der Waals surface area contributed by atoms with Crippen LogP contribution >= 0.6 is 0 Å². The second-order valence-electron chi connectivity index (χ2n) is 4.87. The van der Waals surface area contributed by atoms with E-state index >= 15 is 0 Å². The van der Waals surface area contributed by atoms with Gasteiger partial charge in [-0.2, -0.15) is 0 Å². The van der Waals surface area contributed by atoms with Gasteiger partial charge in [-0.1, -0.05) is 24.3 Å². The molecule has 21 heavy (non-hydrogen) atoms. The van der Waals surface area contributed by atoms with Gasteiger partial charge in [-0.15, -0.1) is 0 Å². The van der Waals surface area contributed by atoms with Gasteiger partial charge in [0, 0.05) is 12.2 Å². The second-order valence-corrected chi connectivity index (χ2v) is 4.87. The number of rotatable bonds is 6. The Morgan fingerprint density at radius 3 is 2.67 bits per heavy atom. The molecule has 0 radical (unpaired) electrons. The van der Waals surface area contributed by atoms with Crippen LogP contribution in [0, 0.1) is 0 Å². The first-order chi connectivity index (χ1) is 10.2. The molecule has 0 aliphatic heterocycles. The van der Waals surface area contributed by atoms with E-state index in [0.717, 1.165) is 23.3 Å². The first-order valence-electron chi connectivity index (χ1n) is 6.91. The summed E-state index contributed by atoms with van der Waals surface area (Å²) in [7, 11) is 1.65. The van der Waals surface area contributed by atoms with Crippen molar-refractivity contribution in [3.63, 3.8) is 0 Å². The molecule has 4 nitrogen and oxygen atoms in total. The van der Waals surface area contributed by atoms with Crippen LogP contribution in [0.3, 0.4) is 0 Å². The van der Waals surface area contributed by atoms with E-state index in [1.54, 1.807) is 7.11 Å². The van der Waals surface area contributed by atoms with Crippen LogP contribution < -0.4 is 15.8 Å². The van der Waals surface area contributed by atoms with E-state index in [9.17, 15) is 4.79 Å². The zero-order valence-electron chi connectivity index (χ0n) is 12.1. The average Bonchev–Trinajstić information content (AvgIpc) is 2.47. The van der Waals surface area contributed by atoms with Crippen LogP contribution in [-0.4, -0.2) is 19.6 Å². The summed E-state index contributed by atoms with van der Waals surface area (Å²) < 4.78 is 5.17.